The molecule has 3 rings (SSSR count). The number of fused-ring (bicyclic) bond motifs is 1. The van der Waals surface area contributed by atoms with E-state index in [2.05, 4.69) is 10.1 Å². The van der Waals surface area contributed by atoms with Crippen LogP contribution in [0.15, 0.2) is 36.5 Å². The van der Waals surface area contributed by atoms with Crippen molar-refractivity contribution in [1.29, 1.82) is 0 Å². The molecule has 0 fully saturated rings. The maximum absolute atomic E-state index is 13.0. The Morgan fingerprint density at radius 2 is 2.09 bits per heavy atom. The SMILES string of the molecule is COCc1cc(-c2ccc(F)cc2)nc2c(C(=O)O)cnn12. The molecule has 0 aliphatic heterocycles. The first-order chi connectivity index (χ1) is 10.6. The number of hydrogen-bond acceptors (Lipinski definition) is 4. The summed E-state index contributed by atoms with van der Waals surface area (Å²) in [6.45, 7) is 0.244. The average molecular weight is 301 g/mol. The summed E-state index contributed by atoms with van der Waals surface area (Å²) in [5, 5.41) is 13.3. The van der Waals surface area contributed by atoms with Crippen molar-refractivity contribution in [3.63, 3.8) is 0 Å². The molecule has 0 aliphatic carbocycles. The predicted molar refractivity (Wildman–Crippen MR) is 76.1 cm³/mol. The Hall–Kier alpha value is -2.80. The van der Waals surface area contributed by atoms with Crippen molar-refractivity contribution in [3.8, 4) is 11.3 Å². The van der Waals surface area contributed by atoms with E-state index in [1.165, 1.54) is 30.0 Å². The highest BCUT2D eigenvalue weighted by atomic mass is 19.1. The third-order valence-electron chi connectivity index (χ3n) is 3.21. The number of methoxy groups -OCH3 is 1. The van der Waals surface area contributed by atoms with Crippen LogP contribution >= 0.6 is 0 Å². The molecule has 0 radical (unpaired) electrons. The number of nitrogens with zero attached hydrogens (tertiary/aromatic N) is 3. The van der Waals surface area contributed by atoms with Gasteiger partial charge < -0.3 is 9.84 Å². The monoisotopic (exact) mass is 301 g/mol. The van der Waals surface area contributed by atoms with Gasteiger partial charge in [-0.2, -0.15) is 5.10 Å². The number of rotatable bonds is 4. The van der Waals surface area contributed by atoms with Crippen LogP contribution in [-0.2, 0) is 11.3 Å². The number of benzene rings is 1. The van der Waals surface area contributed by atoms with Gasteiger partial charge in [0.25, 0.3) is 0 Å². The van der Waals surface area contributed by atoms with Gasteiger partial charge in [-0.25, -0.2) is 18.7 Å². The number of carboxylic acids is 1. The van der Waals surface area contributed by atoms with Gasteiger partial charge in [0.1, 0.15) is 11.4 Å². The molecular weight excluding hydrogens is 289 g/mol. The van der Waals surface area contributed by atoms with Crippen LogP contribution in [0, 0.1) is 5.82 Å². The largest absolute Gasteiger partial charge is 0.477 e. The summed E-state index contributed by atoms with van der Waals surface area (Å²) in [5.41, 5.74) is 2.09. The molecule has 6 nitrogen and oxygen atoms in total. The van der Waals surface area contributed by atoms with Gasteiger partial charge in [-0.3, -0.25) is 0 Å². The second-order valence-corrected chi connectivity index (χ2v) is 4.67. The first-order valence-electron chi connectivity index (χ1n) is 6.46. The van der Waals surface area contributed by atoms with Crippen LogP contribution in [0.2, 0.25) is 0 Å². The Balaban J connectivity index is 2.24. The molecule has 7 heteroatoms. The molecule has 1 aromatic carbocycles. The fourth-order valence-corrected chi connectivity index (χ4v) is 2.20. The van der Waals surface area contributed by atoms with E-state index >= 15 is 0 Å². The lowest BCUT2D eigenvalue weighted by atomic mass is 10.1. The minimum atomic E-state index is -1.11. The summed E-state index contributed by atoms with van der Waals surface area (Å²) in [4.78, 5) is 15.6. The van der Waals surface area contributed by atoms with Gasteiger partial charge >= 0.3 is 5.97 Å². The molecular formula is C15H12FN3O3. The summed E-state index contributed by atoms with van der Waals surface area (Å²) in [5.74, 6) is -1.46. The van der Waals surface area contributed by atoms with Gasteiger partial charge in [-0.05, 0) is 30.3 Å². The summed E-state index contributed by atoms with van der Waals surface area (Å²) >= 11 is 0. The van der Waals surface area contributed by atoms with E-state index in [1.807, 2.05) is 0 Å². The Morgan fingerprint density at radius 1 is 1.36 bits per heavy atom. The van der Waals surface area contributed by atoms with Gasteiger partial charge in [0, 0.05) is 12.7 Å². The topological polar surface area (TPSA) is 76.7 Å². The molecule has 0 saturated carbocycles. The van der Waals surface area contributed by atoms with E-state index in [1.54, 1.807) is 18.2 Å². The number of halogens is 1. The van der Waals surface area contributed by atoms with E-state index in [4.69, 9.17) is 4.74 Å². The van der Waals surface area contributed by atoms with E-state index < -0.39 is 5.97 Å². The zero-order chi connectivity index (χ0) is 15.7. The summed E-state index contributed by atoms with van der Waals surface area (Å²) in [7, 11) is 1.53. The molecule has 0 saturated heterocycles. The number of aromatic nitrogens is 3. The summed E-state index contributed by atoms with van der Waals surface area (Å²) in [6, 6.07) is 7.56. The molecule has 1 N–H and O–H groups in total. The first-order valence-corrected chi connectivity index (χ1v) is 6.46. The van der Waals surface area contributed by atoms with Gasteiger partial charge in [0.15, 0.2) is 5.65 Å². The first kappa shape index (κ1) is 14.2. The standard InChI is InChI=1S/C15H12FN3O3/c1-22-8-11-6-13(9-2-4-10(16)5-3-9)18-14-12(15(20)21)7-17-19(11)14/h2-7H,8H2,1H3,(H,20,21). The van der Waals surface area contributed by atoms with Crippen molar-refractivity contribution >= 4 is 11.6 Å². The number of hydrogen-bond donors (Lipinski definition) is 1. The zero-order valence-corrected chi connectivity index (χ0v) is 11.7. The molecule has 112 valence electrons. The Kier molecular flexibility index (Phi) is 3.56. The molecule has 0 unspecified atom stereocenters. The third-order valence-corrected chi connectivity index (χ3v) is 3.21. The van der Waals surface area contributed by atoms with Crippen LogP contribution in [0.4, 0.5) is 4.39 Å². The number of aromatic carboxylic acids is 1. The zero-order valence-electron chi connectivity index (χ0n) is 11.7. The van der Waals surface area contributed by atoms with Gasteiger partial charge in [-0.1, -0.05) is 0 Å². The van der Waals surface area contributed by atoms with Crippen LogP contribution in [0.1, 0.15) is 16.1 Å². The highest BCUT2D eigenvalue weighted by Crippen LogP contribution is 2.22. The van der Waals surface area contributed by atoms with E-state index in [9.17, 15) is 14.3 Å². The summed E-state index contributed by atoms with van der Waals surface area (Å²) in [6.07, 6.45) is 1.25. The van der Waals surface area contributed by atoms with Gasteiger partial charge in [0.2, 0.25) is 0 Å². The third kappa shape index (κ3) is 2.42. The van der Waals surface area contributed by atoms with Gasteiger partial charge in [0.05, 0.1) is 24.2 Å². The van der Waals surface area contributed by atoms with Crippen LogP contribution in [0.25, 0.3) is 16.9 Å². The van der Waals surface area contributed by atoms with Crippen LogP contribution < -0.4 is 0 Å². The lowest BCUT2D eigenvalue weighted by molar-refractivity contribution is 0.0698. The quantitative estimate of drug-likeness (QED) is 0.800. The van der Waals surface area contributed by atoms with Crippen molar-refractivity contribution in [2.75, 3.05) is 7.11 Å². The Labute approximate surface area is 124 Å². The van der Waals surface area contributed by atoms with Crippen molar-refractivity contribution in [1.82, 2.24) is 14.6 Å². The van der Waals surface area contributed by atoms with Crippen molar-refractivity contribution in [2.45, 2.75) is 6.61 Å². The molecule has 0 aliphatic rings. The minimum Gasteiger partial charge on any atom is -0.477 e. The highest BCUT2D eigenvalue weighted by molar-refractivity contribution is 5.94. The fraction of sp³-hybridized carbons (Fsp3) is 0.133. The molecule has 0 atom stereocenters. The predicted octanol–water partition coefficient (Wildman–Crippen LogP) is 2.38. The number of carboxylic acid groups (broad SMARTS) is 1. The Morgan fingerprint density at radius 3 is 2.73 bits per heavy atom. The van der Waals surface area contributed by atoms with Crippen molar-refractivity contribution in [2.24, 2.45) is 0 Å². The van der Waals surface area contributed by atoms with E-state index in [-0.39, 0.29) is 23.6 Å². The maximum atomic E-state index is 13.0. The lowest BCUT2D eigenvalue weighted by Gasteiger charge is -2.08. The molecule has 22 heavy (non-hydrogen) atoms. The van der Waals surface area contributed by atoms with E-state index in [0.717, 1.165) is 0 Å². The second-order valence-electron chi connectivity index (χ2n) is 4.67. The lowest BCUT2D eigenvalue weighted by Crippen LogP contribution is -2.05. The molecule has 2 heterocycles. The van der Waals surface area contributed by atoms with Crippen molar-refractivity contribution < 1.29 is 19.0 Å². The summed E-state index contributed by atoms with van der Waals surface area (Å²) < 4.78 is 19.6. The fourth-order valence-electron chi connectivity index (χ4n) is 2.20. The van der Waals surface area contributed by atoms with Crippen LogP contribution in [-0.4, -0.2) is 32.8 Å². The number of carbonyl (C=O) groups is 1. The normalized spacial score (nSPS) is 11.0. The molecule has 0 bridgehead atoms. The Bertz CT molecular complexity index is 843. The number of ether oxygens (including phenoxy) is 1. The van der Waals surface area contributed by atoms with Gasteiger partial charge in [-0.15, -0.1) is 0 Å². The van der Waals surface area contributed by atoms with Crippen molar-refractivity contribution in [3.05, 3.63) is 53.6 Å². The molecule has 0 amide bonds. The maximum Gasteiger partial charge on any atom is 0.341 e. The molecule has 3 aromatic rings. The van der Waals surface area contributed by atoms with E-state index in [0.29, 0.717) is 17.0 Å². The van der Waals surface area contributed by atoms with Crippen LogP contribution in [0.5, 0.6) is 0 Å². The van der Waals surface area contributed by atoms with Crippen LogP contribution in [0.3, 0.4) is 0 Å². The second kappa shape index (κ2) is 5.53. The highest BCUT2D eigenvalue weighted by Gasteiger charge is 2.16. The smallest absolute Gasteiger partial charge is 0.341 e. The molecule has 0 spiro atoms. The molecule has 2 aromatic heterocycles. The average Bonchev–Trinajstić information content (AvgIpc) is 2.92. The minimum absolute atomic E-state index is 0.00122.